The molecule has 0 aliphatic rings. The van der Waals surface area contributed by atoms with Gasteiger partial charge in [-0.15, -0.1) is 5.75 Å². The fourth-order valence-electron chi connectivity index (χ4n) is 2.76. The molecular weight excluding hydrogens is 391 g/mol. The second-order valence-corrected chi connectivity index (χ2v) is 7.76. The summed E-state index contributed by atoms with van der Waals surface area (Å²) in [6.07, 6.45) is 7.82. The molecule has 142 valence electrons. The third-order valence-electron chi connectivity index (χ3n) is 4.17. The van der Waals surface area contributed by atoms with Crippen LogP contribution >= 0.6 is 0 Å². The van der Waals surface area contributed by atoms with Crippen molar-refractivity contribution in [3.8, 4) is 17.2 Å². The van der Waals surface area contributed by atoms with Crippen molar-refractivity contribution < 1.29 is 74.2 Å². The molecule has 2 aromatic rings. The van der Waals surface area contributed by atoms with Gasteiger partial charge in [0.15, 0.2) is 0 Å². The molecule has 0 amide bonds. The molecule has 0 spiro atoms. The van der Waals surface area contributed by atoms with Crippen LogP contribution in [0.3, 0.4) is 0 Å². The Balaban J connectivity index is 0.00000364. The van der Waals surface area contributed by atoms with Crippen molar-refractivity contribution in [2.24, 2.45) is 0 Å². The van der Waals surface area contributed by atoms with Gasteiger partial charge >= 0.3 is 51.4 Å². The van der Waals surface area contributed by atoms with E-state index in [-0.39, 0.29) is 67.8 Å². The van der Waals surface area contributed by atoms with Gasteiger partial charge in [-0.25, -0.2) is 0 Å². The first kappa shape index (κ1) is 24.6. The summed E-state index contributed by atoms with van der Waals surface area (Å²) in [5.74, 6) is 0.520. The molecule has 0 heterocycles. The van der Waals surface area contributed by atoms with Crippen molar-refractivity contribution in [2.45, 2.75) is 56.8 Å². The first-order valence-corrected chi connectivity index (χ1v) is 10.4. The van der Waals surface area contributed by atoms with Crippen molar-refractivity contribution in [3.63, 3.8) is 0 Å². The summed E-state index contributed by atoms with van der Waals surface area (Å²) in [5.41, 5.74) is 0.914. The molecular formula is C20H25KO5S. The first-order chi connectivity index (χ1) is 12.4. The molecule has 0 unspecified atom stereocenters. The number of ether oxygens (including phenoxy) is 1. The standard InChI is InChI=1S/C20H26O5S.K/c1-2-3-4-5-6-7-9-16-12-13-17(21)14-20(16)25-18-10-8-11-19(15-18)26(22,23)24;/h8,10-15,21H,2-7,9H2,1H3,(H,22,23,24);/q;+1/p-1. The molecule has 0 fully saturated rings. The summed E-state index contributed by atoms with van der Waals surface area (Å²) in [6, 6.07) is 10.3. The Morgan fingerprint density at radius 2 is 1.70 bits per heavy atom. The Bertz CT molecular complexity index is 821. The minimum Gasteiger partial charge on any atom is -0.872 e. The number of aryl methyl sites for hydroxylation is 1. The third-order valence-corrected chi connectivity index (χ3v) is 5.02. The summed E-state index contributed by atoms with van der Waals surface area (Å²) in [5, 5.41) is 11.7. The van der Waals surface area contributed by atoms with Crippen LogP contribution < -0.4 is 61.2 Å². The summed E-state index contributed by atoms with van der Waals surface area (Å²) < 4.78 is 37.4. The van der Waals surface area contributed by atoms with Crippen LogP contribution in [0, 0.1) is 0 Å². The smallest absolute Gasteiger partial charge is 0.872 e. The zero-order valence-electron chi connectivity index (χ0n) is 16.0. The van der Waals surface area contributed by atoms with E-state index in [1.54, 1.807) is 12.1 Å². The second kappa shape index (κ2) is 12.2. The molecule has 0 radical (unpaired) electrons. The topological polar surface area (TPSA) is 86.7 Å². The van der Waals surface area contributed by atoms with Gasteiger partial charge in [-0.2, -0.15) is 8.42 Å². The van der Waals surface area contributed by atoms with Gasteiger partial charge in [0, 0.05) is 6.07 Å². The van der Waals surface area contributed by atoms with Crippen LogP contribution in [0.25, 0.3) is 0 Å². The number of hydrogen-bond acceptors (Lipinski definition) is 4. The summed E-state index contributed by atoms with van der Waals surface area (Å²) >= 11 is 0. The van der Waals surface area contributed by atoms with Crippen molar-refractivity contribution >= 4 is 10.1 Å². The average molecular weight is 417 g/mol. The summed E-state index contributed by atoms with van der Waals surface area (Å²) in [6.45, 7) is 2.19. The molecule has 0 bridgehead atoms. The molecule has 0 aliphatic carbocycles. The van der Waals surface area contributed by atoms with E-state index in [1.165, 1.54) is 56.0 Å². The second-order valence-electron chi connectivity index (χ2n) is 6.34. The molecule has 27 heavy (non-hydrogen) atoms. The fraction of sp³-hybridized carbons (Fsp3) is 0.400. The van der Waals surface area contributed by atoms with Gasteiger partial charge in [0.2, 0.25) is 0 Å². The Hall–Kier alpha value is -0.414. The van der Waals surface area contributed by atoms with Crippen LogP contribution in [0.2, 0.25) is 0 Å². The molecule has 5 nitrogen and oxygen atoms in total. The van der Waals surface area contributed by atoms with Crippen molar-refractivity contribution in [3.05, 3.63) is 48.0 Å². The van der Waals surface area contributed by atoms with Crippen molar-refractivity contribution in [2.75, 3.05) is 0 Å². The zero-order valence-corrected chi connectivity index (χ0v) is 19.9. The third kappa shape index (κ3) is 8.64. The van der Waals surface area contributed by atoms with Gasteiger partial charge < -0.3 is 9.84 Å². The predicted molar refractivity (Wildman–Crippen MR) is 99.3 cm³/mol. The van der Waals surface area contributed by atoms with Gasteiger partial charge in [-0.05, 0) is 36.6 Å². The van der Waals surface area contributed by atoms with Crippen LogP contribution in [0.1, 0.15) is 51.0 Å². The quantitative estimate of drug-likeness (QED) is 0.362. The molecule has 2 aromatic carbocycles. The van der Waals surface area contributed by atoms with E-state index in [1.807, 2.05) is 0 Å². The number of hydrogen-bond donors (Lipinski definition) is 1. The normalized spacial score (nSPS) is 11.0. The Morgan fingerprint density at radius 1 is 1.00 bits per heavy atom. The van der Waals surface area contributed by atoms with E-state index >= 15 is 0 Å². The van der Waals surface area contributed by atoms with Crippen molar-refractivity contribution in [1.29, 1.82) is 0 Å². The number of rotatable bonds is 10. The summed E-state index contributed by atoms with van der Waals surface area (Å²) in [4.78, 5) is -0.245. The maximum Gasteiger partial charge on any atom is 1.00 e. The number of unbranched alkanes of at least 4 members (excludes halogenated alkanes) is 5. The fourth-order valence-corrected chi connectivity index (χ4v) is 3.27. The first-order valence-electron chi connectivity index (χ1n) is 8.95. The summed E-state index contributed by atoms with van der Waals surface area (Å²) in [7, 11) is -4.30. The van der Waals surface area contributed by atoms with E-state index in [2.05, 4.69) is 6.92 Å². The number of benzene rings is 2. The Kier molecular flexibility index (Phi) is 11.1. The van der Waals surface area contributed by atoms with E-state index < -0.39 is 10.1 Å². The van der Waals surface area contributed by atoms with Gasteiger partial charge in [-0.1, -0.05) is 57.2 Å². The van der Waals surface area contributed by atoms with Gasteiger partial charge in [0.1, 0.15) is 11.5 Å². The van der Waals surface area contributed by atoms with Crippen LogP contribution in [-0.2, 0) is 16.5 Å². The largest absolute Gasteiger partial charge is 1.00 e. The molecule has 0 atom stereocenters. The minimum atomic E-state index is -4.30. The Labute approximate surface area is 204 Å². The molecule has 2 rings (SSSR count). The average Bonchev–Trinajstić information content (AvgIpc) is 2.59. The van der Waals surface area contributed by atoms with Gasteiger partial charge in [0.05, 0.1) is 4.90 Å². The van der Waals surface area contributed by atoms with E-state index in [0.29, 0.717) is 5.75 Å². The molecule has 0 saturated carbocycles. The maximum atomic E-state index is 11.7. The molecule has 0 aromatic heterocycles. The van der Waals surface area contributed by atoms with Crippen LogP contribution in [0.15, 0.2) is 47.4 Å². The van der Waals surface area contributed by atoms with Gasteiger partial charge in [0.25, 0.3) is 10.1 Å². The monoisotopic (exact) mass is 416 g/mol. The molecule has 7 heteroatoms. The van der Waals surface area contributed by atoms with E-state index in [0.717, 1.165) is 24.8 Å². The van der Waals surface area contributed by atoms with E-state index in [4.69, 9.17) is 9.29 Å². The van der Waals surface area contributed by atoms with Crippen molar-refractivity contribution in [1.82, 2.24) is 0 Å². The maximum absolute atomic E-state index is 11.7. The molecule has 1 N–H and O–H groups in total. The molecule has 0 aliphatic heterocycles. The SMILES string of the molecule is CCCCCCCCc1ccc([O-])cc1Oc1cccc(S(=O)(=O)O)c1.[K+]. The van der Waals surface area contributed by atoms with Gasteiger partial charge in [-0.3, -0.25) is 4.55 Å². The Morgan fingerprint density at radius 3 is 2.41 bits per heavy atom. The predicted octanol–water partition coefficient (Wildman–Crippen LogP) is 1.71. The minimum absolute atomic E-state index is 0. The van der Waals surface area contributed by atoms with E-state index in [9.17, 15) is 13.5 Å². The van der Waals surface area contributed by atoms with Crippen LogP contribution in [0.4, 0.5) is 0 Å². The van der Waals surface area contributed by atoms with Crippen LogP contribution in [-0.4, -0.2) is 13.0 Å². The molecule has 0 saturated heterocycles. The van der Waals surface area contributed by atoms with Crippen LogP contribution in [0.5, 0.6) is 17.2 Å². The zero-order chi connectivity index (χ0) is 19.0.